The van der Waals surface area contributed by atoms with Crippen LogP contribution in [0.3, 0.4) is 0 Å². The summed E-state index contributed by atoms with van der Waals surface area (Å²) in [5.74, 6) is -0.0783. The van der Waals surface area contributed by atoms with Crippen molar-refractivity contribution in [2.75, 3.05) is 13.6 Å². The maximum absolute atomic E-state index is 12.3. The molecule has 0 saturated carbocycles. The largest absolute Gasteiger partial charge is 0.448 e. The molecular formula is C17H22N2O3S. The number of ether oxygens (including phenoxy) is 1. The fourth-order valence-electron chi connectivity index (χ4n) is 2.71. The van der Waals surface area contributed by atoms with Crippen LogP contribution in [0.15, 0.2) is 6.07 Å². The van der Waals surface area contributed by atoms with E-state index in [0.717, 1.165) is 19.3 Å². The van der Waals surface area contributed by atoms with Crippen LogP contribution in [0.25, 0.3) is 0 Å². The molecule has 0 fully saturated rings. The summed E-state index contributed by atoms with van der Waals surface area (Å²) < 4.78 is 5.30. The average Bonchev–Trinajstić information content (AvgIpc) is 2.94. The summed E-state index contributed by atoms with van der Waals surface area (Å²) in [6.45, 7) is 4.12. The van der Waals surface area contributed by atoms with E-state index in [9.17, 15) is 9.59 Å². The summed E-state index contributed by atoms with van der Waals surface area (Å²) in [7, 11) is 1.61. The maximum atomic E-state index is 12.3. The number of nitrogens with zero attached hydrogens (tertiary/aromatic N) is 2. The zero-order valence-electron chi connectivity index (χ0n) is 13.8. The Morgan fingerprint density at radius 3 is 3.00 bits per heavy atom. The first kappa shape index (κ1) is 17.5. The number of amides is 1. The van der Waals surface area contributed by atoms with Gasteiger partial charge in [-0.05, 0) is 43.7 Å². The number of likely N-dealkylation sites (N-methyl/N-ethyl adjacent to an activating group) is 1. The molecule has 0 aromatic carbocycles. The first-order valence-corrected chi connectivity index (χ1v) is 8.68. The third-order valence-electron chi connectivity index (χ3n) is 4.10. The number of fused-ring (bicyclic) bond motifs is 1. The molecule has 0 spiro atoms. The predicted molar refractivity (Wildman–Crippen MR) is 88.3 cm³/mol. The number of hydrogen-bond donors (Lipinski definition) is 0. The van der Waals surface area contributed by atoms with Crippen molar-refractivity contribution < 1.29 is 14.3 Å². The van der Waals surface area contributed by atoms with Crippen molar-refractivity contribution in [2.24, 2.45) is 5.92 Å². The molecule has 1 aliphatic rings. The summed E-state index contributed by atoms with van der Waals surface area (Å²) in [4.78, 5) is 27.6. The quantitative estimate of drug-likeness (QED) is 0.776. The van der Waals surface area contributed by atoms with Crippen LogP contribution in [0, 0.1) is 17.2 Å². The molecule has 6 heteroatoms. The fraction of sp³-hybridized carbons (Fsp3) is 0.588. The van der Waals surface area contributed by atoms with E-state index in [1.807, 2.05) is 12.1 Å². The van der Waals surface area contributed by atoms with E-state index in [1.165, 1.54) is 26.7 Å². The van der Waals surface area contributed by atoms with E-state index in [-0.39, 0.29) is 12.3 Å². The summed E-state index contributed by atoms with van der Waals surface area (Å²) in [6.07, 6.45) is 2.59. The Morgan fingerprint density at radius 1 is 1.57 bits per heavy atom. The van der Waals surface area contributed by atoms with E-state index in [0.29, 0.717) is 17.3 Å². The molecule has 0 N–H and O–H groups in total. The highest BCUT2D eigenvalue weighted by atomic mass is 32.1. The highest BCUT2D eigenvalue weighted by Crippen LogP contribution is 2.32. The van der Waals surface area contributed by atoms with Crippen LogP contribution in [0.5, 0.6) is 0 Å². The lowest BCUT2D eigenvalue weighted by Crippen LogP contribution is -2.37. The first-order valence-electron chi connectivity index (χ1n) is 7.86. The molecule has 1 aliphatic carbocycles. The predicted octanol–water partition coefficient (Wildman–Crippen LogP) is 2.79. The molecule has 1 amide bonds. The van der Waals surface area contributed by atoms with Gasteiger partial charge in [-0.1, -0.05) is 6.92 Å². The van der Waals surface area contributed by atoms with Crippen molar-refractivity contribution in [1.82, 2.24) is 4.90 Å². The SMILES string of the molecule is C[C@@H]1CCc2sc(C(=O)O[C@@H](C)C(=O)N(C)CCC#N)cc2C1. The van der Waals surface area contributed by atoms with E-state index in [1.54, 1.807) is 14.0 Å². The zero-order chi connectivity index (χ0) is 17.0. The summed E-state index contributed by atoms with van der Waals surface area (Å²) in [6, 6.07) is 3.90. The minimum atomic E-state index is -0.843. The number of rotatable bonds is 5. The van der Waals surface area contributed by atoms with Gasteiger partial charge in [0.15, 0.2) is 6.10 Å². The van der Waals surface area contributed by atoms with Crippen LogP contribution >= 0.6 is 11.3 Å². The van der Waals surface area contributed by atoms with E-state index in [4.69, 9.17) is 10.00 Å². The molecule has 5 nitrogen and oxygen atoms in total. The smallest absolute Gasteiger partial charge is 0.349 e. The summed E-state index contributed by atoms with van der Waals surface area (Å²) in [5, 5.41) is 8.56. The van der Waals surface area contributed by atoms with E-state index in [2.05, 4.69) is 6.92 Å². The molecule has 0 unspecified atom stereocenters. The Labute approximate surface area is 140 Å². The number of carbonyl (C=O) groups excluding carboxylic acids is 2. The number of aryl methyl sites for hydroxylation is 1. The van der Waals surface area contributed by atoms with Crippen LogP contribution in [-0.2, 0) is 22.4 Å². The van der Waals surface area contributed by atoms with Crippen LogP contribution in [-0.4, -0.2) is 36.5 Å². The molecule has 1 aromatic heterocycles. The molecule has 0 radical (unpaired) electrons. The van der Waals surface area contributed by atoms with Gasteiger partial charge in [-0.2, -0.15) is 5.26 Å². The Balaban J connectivity index is 1.96. The van der Waals surface area contributed by atoms with Gasteiger partial charge in [0.2, 0.25) is 0 Å². The van der Waals surface area contributed by atoms with Crippen molar-refractivity contribution in [2.45, 2.75) is 45.6 Å². The second-order valence-corrected chi connectivity index (χ2v) is 7.26. The van der Waals surface area contributed by atoms with Crippen molar-refractivity contribution in [3.05, 3.63) is 21.4 Å². The molecule has 0 aliphatic heterocycles. The zero-order valence-corrected chi connectivity index (χ0v) is 14.6. The van der Waals surface area contributed by atoms with Gasteiger partial charge < -0.3 is 9.64 Å². The van der Waals surface area contributed by atoms with Gasteiger partial charge in [0.25, 0.3) is 5.91 Å². The maximum Gasteiger partial charge on any atom is 0.349 e. The lowest BCUT2D eigenvalue weighted by Gasteiger charge is -2.20. The molecule has 0 bridgehead atoms. The Bertz CT molecular complexity index is 632. The Kier molecular flexibility index (Phi) is 5.78. The second kappa shape index (κ2) is 7.60. The van der Waals surface area contributed by atoms with Crippen LogP contribution in [0.4, 0.5) is 0 Å². The van der Waals surface area contributed by atoms with E-state index >= 15 is 0 Å². The van der Waals surface area contributed by atoms with Crippen molar-refractivity contribution in [3.63, 3.8) is 0 Å². The Hall–Kier alpha value is -1.87. The van der Waals surface area contributed by atoms with Crippen molar-refractivity contribution >= 4 is 23.2 Å². The summed E-state index contributed by atoms with van der Waals surface area (Å²) >= 11 is 1.48. The molecule has 23 heavy (non-hydrogen) atoms. The van der Waals surface area contributed by atoms with Gasteiger partial charge in [0.1, 0.15) is 4.88 Å². The van der Waals surface area contributed by atoms with E-state index < -0.39 is 12.1 Å². The van der Waals surface area contributed by atoms with Crippen LogP contribution in [0.1, 0.15) is 46.8 Å². The number of nitriles is 1. The normalized spacial score (nSPS) is 17.7. The van der Waals surface area contributed by atoms with Crippen molar-refractivity contribution in [3.8, 4) is 6.07 Å². The van der Waals surface area contributed by atoms with Gasteiger partial charge in [0, 0.05) is 18.5 Å². The fourth-order valence-corrected chi connectivity index (χ4v) is 3.81. The lowest BCUT2D eigenvalue weighted by molar-refractivity contribution is -0.138. The third kappa shape index (κ3) is 4.32. The monoisotopic (exact) mass is 334 g/mol. The number of thiophene rings is 1. The minimum absolute atomic E-state index is 0.263. The van der Waals surface area contributed by atoms with Gasteiger partial charge in [-0.15, -0.1) is 11.3 Å². The number of esters is 1. The van der Waals surface area contributed by atoms with Gasteiger partial charge >= 0.3 is 5.97 Å². The highest BCUT2D eigenvalue weighted by molar-refractivity contribution is 7.14. The van der Waals surface area contributed by atoms with Crippen LogP contribution < -0.4 is 0 Å². The molecular weight excluding hydrogens is 312 g/mol. The second-order valence-electron chi connectivity index (χ2n) is 6.12. The lowest BCUT2D eigenvalue weighted by atomic mass is 9.90. The highest BCUT2D eigenvalue weighted by Gasteiger charge is 2.25. The molecule has 124 valence electrons. The average molecular weight is 334 g/mol. The standard InChI is InChI=1S/C17H22N2O3S/c1-11-5-6-14-13(9-11)10-15(23-14)17(21)22-12(2)16(20)19(3)8-4-7-18/h10-12H,4-6,8-9H2,1-3H3/t11-,12+/m1/s1. The molecule has 1 heterocycles. The van der Waals surface area contributed by atoms with Crippen molar-refractivity contribution in [1.29, 1.82) is 5.26 Å². The number of hydrogen-bond acceptors (Lipinski definition) is 5. The van der Waals surface area contributed by atoms with Gasteiger partial charge in [-0.3, -0.25) is 4.79 Å². The number of carbonyl (C=O) groups is 2. The molecule has 0 saturated heterocycles. The molecule has 2 atom stereocenters. The van der Waals surface area contributed by atoms with Gasteiger partial charge in [-0.25, -0.2) is 4.79 Å². The topological polar surface area (TPSA) is 70.4 Å². The minimum Gasteiger partial charge on any atom is -0.448 e. The molecule has 1 aromatic rings. The van der Waals surface area contributed by atoms with Crippen LogP contribution in [0.2, 0.25) is 0 Å². The Morgan fingerprint density at radius 2 is 2.30 bits per heavy atom. The molecule has 2 rings (SSSR count). The third-order valence-corrected chi connectivity index (χ3v) is 5.31. The van der Waals surface area contributed by atoms with Gasteiger partial charge in [0.05, 0.1) is 12.5 Å². The summed E-state index contributed by atoms with van der Waals surface area (Å²) in [5.41, 5.74) is 1.24. The first-order chi connectivity index (χ1) is 10.9.